The normalized spacial score (nSPS) is 16.7. The first-order valence-corrected chi connectivity index (χ1v) is 8.14. The van der Waals surface area contributed by atoms with E-state index in [-0.39, 0.29) is 25.0 Å². The average Bonchev–Trinajstić information content (AvgIpc) is 2.56. The standard InChI is InChI=1S/C16H25N5O3/c1-11-9-18-12(2)15(19-11)20-5-3-13(4-6-20)14(17)10-21(7-8-22)16(23)24/h8-9,13-14H,3-7,10,17H2,1-2H3,(H,23,24). The van der Waals surface area contributed by atoms with Crippen LogP contribution in [0.4, 0.5) is 10.6 Å². The first kappa shape index (κ1) is 18.1. The van der Waals surface area contributed by atoms with Crippen LogP contribution in [-0.4, -0.2) is 64.6 Å². The van der Waals surface area contributed by atoms with Gasteiger partial charge in [0, 0.05) is 31.9 Å². The molecule has 1 fully saturated rings. The smallest absolute Gasteiger partial charge is 0.407 e. The molecule has 24 heavy (non-hydrogen) atoms. The van der Waals surface area contributed by atoms with Crippen molar-refractivity contribution in [1.82, 2.24) is 14.9 Å². The fourth-order valence-corrected chi connectivity index (χ4v) is 3.09. The monoisotopic (exact) mass is 335 g/mol. The molecule has 132 valence electrons. The van der Waals surface area contributed by atoms with Gasteiger partial charge in [-0.2, -0.15) is 0 Å². The van der Waals surface area contributed by atoms with Crippen LogP contribution in [0, 0.1) is 19.8 Å². The molecule has 1 aliphatic heterocycles. The van der Waals surface area contributed by atoms with E-state index in [9.17, 15) is 9.59 Å². The van der Waals surface area contributed by atoms with E-state index in [0.717, 1.165) is 48.0 Å². The number of amides is 1. The number of hydrogen-bond acceptors (Lipinski definition) is 6. The lowest BCUT2D eigenvalue weighted by Crippen LogP contribution is -2.48. The summed E-state index contributed by atoms with van der Waals surface area (Å²) < 4.78 is 0. The lowest BCUT2D eigenvalue weighted by molar-refractivity contribution is -0.108. The van der Waals surface area contributed by atoms with Gasteiger partial charge in [0.25, 0.3) is 0 Å². The minimum absolute atomic E-state index is 0.139. The number of aryl methyl sites for hydroxylation is 2. The number of nitrogens with zero attached hydrogens (tertiary/aromatic N) is 4. The fourth-order valence-electron chi connectivity index (χ4n) is 3.09. The van der Waals surface area contributed by atoms with Gasteiger partial charge in [0.05, 0.1) is 17.9 Å². The Morgan fingerprint density at radius 1 is 1.50 bits per heavy atom. The zero-order chi connectivity index (χ0) is 17.7. The molecule has 1 saturated heterocycles. The maximum absolute atomic E-state index is 11.1. The van der Waals surface area contributed by atoms with Gasteiger partial charge in [0.2, 0.25) is 0 Å². The highest BCUT2D eigenvalue weighted by Gasteiger charge is 2.28. The minimum Gasteiger partial charge on any atom is -0.465 e. The second-order valence-electron chi connectivity index (χ2n) is 6.26. The van der Waals surface area contributed by atoms with Crippen molar-refractivity contribution in [3.63, 3.8) is 0 Å². The van der Waals surface area contributed by atoms with Crippen molar-refractivity contribution in [2.75, 3.05) is 31.1 Å². The number of aldehydes is 1. The van der Waals surface area contributed by atoms with Crippen LogP contribution in [0.3, 0.4) is 0 Å². The second kappa shape index (κ2) is 8.05. The third kappa shape index (κ3) is 4.41. The molecule has 0 saturated carbocycles. The van der Waals surface area contributed by atoms with Gasteiger partial charge in [-0.25, -0.2) is 9.78 Å². The Hall–Kier alpha value is -2.22. The highest BCUT2D eigenvalue weighted by molar-refractivity contribution is 5.69. The maximum Gasteiger partial charge on any atom is 0.407 e. The Morgan fingerprint density at radius 2 is 2.17 bits per heavy atom. The van der Waals surface area contributed by atoms with Crippen LogP contribution < -0.4 is 10.6 Å². The Kier molecular flexibility index (Phi) is 6.08. The predicted octanol–water partition coefficient (Wildman–Crippen LogP) is 0.816. The molecule has 3 N–H and O–H groups in total. The van der Waals surface area contributed by atoms with Crippen LogP contribution >= 0.6 is 0 Å². The van der Waals surface area contributed by atoms with Gasteiger partial charge >= 0.3 is 6.09 Å². The third-order valence-corrected chi connectivity index (χ3v) is 4.49. The molecule has 1 unspecified atom stereocenters. The van der Waals surface area contributed by atoms with Gasteiger partial charge in [0.15, 0.2) is 0 Å². The molecule has 8 nitrogen and oxygen atoms in total. The third-order valence-electron chi connectivity index (χ3n) is 4.49. The van der Waals surface area contributed by atoms with Crippen molar-refractivity contribution < 1.29 is 14.7 Å². The van der Waals surface area contributed by atoms with Crippen molar-refractivity contribution >= 4 is 18.2 Å². The number of anilines is 1. The fraction of sp³-hybridized carbons (Fsp3) is 0.625. The van der Waals surface area contributed by atoms with Crippen LogP contribution in [-0.2, 0) is 4.79 Å². The largest absolute Gasteiger partial charge is 0.465 e. The van der Waals surface area contributed by atoms with Crippen LogP contribution in [0.2, 0.25) is 0 Å². The lowest BCUT2D eigenvalue weighted by Gasteiger charge is -2.36. The highest BCUT2D eigenvalue weighted by Crippen LogP contribution is 2.25. The van der Waals surface area contributed by atoms with Crippen LogP contribution in [0.5, 0.6) is 0 Å². The van der Waals surface area contributed by atoms with Gasteiger partial charge in [-0.1, -0.05) is 0 Å². The van der Waals surface area contributed by atoms with E-state index in [1.165, 1.54) is 0 Å². The van der Waals surface area contributed by atoms with Gasteiger partial charge < -0.3 is 20.5 Å². The van der Waals surface area contributed by atoms with Gasteiger partial charge in [-0.3, -0.25) is 9.88 Å². The topological polar surface area (TPSA) is 113 Å². The number of carbonyl (C=O) groups excluding carboxylic acids is 1. The summed E-state index contributed by atoms with van der Waals surface area (Å²) in [5.41, 5.74) is 7.99. The highest BCUT2D eigenvalue weighted by atomic mass is 16.4. The number of aromatic nitrogens is 2. The van der Waals surface area contributed by atoms with Crippen molar-refractivity contribution in [3.05, 3.63) is 17.6 Å². The molecule has 1 atom stereocenters. The molecule has 8 heteroatoms. The zero-order valence-corrected chi connectivity index (χ0v) is 14.2. The molecule has 0 spiro atoms. The molecule has 0 bridgehead atoms. The Labute approximate surface area is 141 Å². The van der Waals surface area contributed by atoms with Crippen molar-refractivity contribution in [2.45, 2.75) is 32.7 Å². The van der Waals surface area contributed by atoms with Crippen molar-refractivity contribution in [3.8, 4) is 0 Å². The summed E-state index contributed by atoms with van der Waals surface area (Å²) >= 11 is 0. The Balaban J connectivity index is 1.93. The summed E-state index contributed by atoms with van der Waals surface area (Å²) in [4.78, 5) is 33.9. The van der Waals surface area contributed by atoms with Gasteiger partial charge in [-0.05, 0) is 32.6 Å². The summed E-state index contributed by atoms with van der Waals surface area (Å²) in [7, 11) is 0. The number of hydrogen-bond donors (Lipinski definition) is 2. The molecule has 0 aliphatic carbocycles. The summed E-state index contributed by atoms with van der Waals surface area (Å²) in [6.45, 7) is 5.55. The number of nitrogens with two attached hydrogens (primary N) is 1. The van der Waals surface area contributed by atoms with E-state index in [4.69, 9.17) is 10.8 Å². The molecular weight excluding hydrogens is 310 g/mol. The van der Waals surface area contributed by atoms with E-state index in [2.05, 4.69) is 14.9 Å². The zero-order valence-electron chi connectivity index (χ0n) is 14.2. The summed E-state index contributed by atoms with van der Waals surface area (Å²) in [5, 5.41) is 9.09. The maximum atomic E-state index is 11.1. The molecule has 2 heterocycles. The predicted molar refractivity (Wildman–Crippen MR) is 90.1 cm³/mol. The second-order valence-corrected chi connectivity index (χ2v) is 6.26. The Bertz CT molecular complexity index is 587. The first-order valence-electron chi connectivity index (χ1n) is 8.14. The molecule has 0 aromatic carbocycles. The molecule has 1 aliphatic rings. The molecular formula is C16H25N5O3. The molecule has 0 radical (unpaired) electrons. The summed E-state index contributed by atoms with van der Waals surface area (Å²) in [6, 6.07) is -0.270. The molecule has 1 aromatic rings. The average molecular weight is 335 g/mol. The summed E-state index contributed by atoms with van der Waals surface area (Å²) in [6.07, 6.45) is 2.97. The van der Waals surface area contributed by atoms with Crippen molar-refractivity contribution in [2.24, 2.45) is 11.7 Å². The Morgan fingerprint density at radius 3 is 2.75 bits per heavy atom. The van der Waals surface area contributed by atoms with Gasteiger partial charge in [0.1, 0.15) is 12.1 Å². The number of carbonyl (C=O) groups is 2. The van der Waals surface area contributed by atoms with Crippen LogP contribution in [0.1, 0.15) is 24.2 Å². The van der Waals surface area contributed by atoms with Gasteiger partial charge in [-0.15, -0.1) is 0 Å². The number of piperidine rings is 1. The first-order chi connectivity index (χ1) is 11.4. The minimum atomic E-state index is -1.11. The molecule has 2 rings (SSSR count). The quantitative estimate of drug-likeness (QED) is 0.740. The van der Waals surface area contributed by atoms with Crippen molar-refractivity contribution in [1.29, 1.82) is 0 Å². The van der Waals surface area contributed by atoms with E-state index in [1.807, 2.05) is 13.8 Å². The number of carboxylic acid groups (broad SMARTS) is 1. The lowest BCUT2D eigenvalue weighted by atomic mass is 9.89. The summed E-state index contributed by atoms with van der Waals surface area (Å²) in [5.74, 6) is 1.14. The molecule has 1 amide bonds. The van der Waals surface area contributed by atoms with Crippen LogP contribution in [0.25, 0.3) is 0 Å². The SMILES string of the molecule is Cc1cnc(C)c(N2CCC(C(N)CN(CC=O)C(=O)O)CC2)n1. The van der Waals surface area contributed by atoms with E-state index in [1.54, 1.807) is 6.20 Å². The molecule has 1 aromatic heterocycles. The van der Waals surface area contributed by atoms with E-state index < -0.39 is 6.09 Å². The number of rotatable bonds is 6. The van der Waals surface area contributed by atoms with E-state index >= 15 is 0 Å². The van der Waals surface area contributed by atoms with E-state index in [0.29, 0.717) is 6.29 Å². The van der Waals surface area contributed by atoms with Crippen LogP contribution in [0.15, 0.2) is 6.20 Å².